The van der Waals surface area contributed by atoms with Crippen LogP contribution in [0.15, 0.2) is 36.7 Å². The fraction of sp³-hybridized carbons (Fsp3) is 0.524. The monoisotopic (exact) mass is 354 g/mol. The zero-order valence-corrected chi connectivity index (χ0v) is 16.1. The highest BCUT2D eigenvalue weighted by Gasteiger charge is 2.17. The fourth-order valence-electron chi connectivity index (χ4n) is 3.39. The predicted molar refractivity (Wildman–Crippen MR) is 106 cm³/mol. The van der Waals surface area contributed by atoms with E-state index in [0.717, 1.165) is 49.2 Å². The molecule has 5 heteroatoms. The first kappa shape index (κ1) is 18.6. The van der Waals surface area contributed by atoms with Crippen molar-refractivity contribution < 1.29 is 4.74 Å². The van der Waals surface area contributed by atoms with Crippen LogP contribution in [0.2, 0.25) is 0 Å². The molecule has 0 spiro atoms. The van der Waals surface area contributed by atoms with Gasteiger partial charge in [0.2, 0.25) is 5.95 Å². The van der Waals surface area contributed by atoms with Gasteiger partial charge in [-0.2, -0.15) is 0 Å². The second-order valence-corrected chi connectivity index (χ2v) is 7.18. The van der Waals surface area contributed by atoms with Gasteiger partial charge in [0.15, 0.2) is 0 Å². The molecule has 0 amide bonds. The van der Waals surface area contributed by atoms with Crippen LogP contribution in [-0.2, 0) is 6.54 Å². The number of ether oxygens (including phenoxy) is 1. The van der Waals surface area contributed by atoms with Crippen LogP contribution < -0.4 is 15.0 Å². The lowest BCUT2D eigenvalue weighted by Crippen LogP contribution is -2.34. The van der Waals surface area contributed by atoms with Gasteiger partial charge in [-0.25, -0.2) is 9.97 Å². The molecule has 1 aliphatic rings. The number of hydrogen-bond acceptors (Lipinski definition) is 5. The highest BCUT2D eigenvalue weighted by atomic mass is 16.5. The molecule has 1 fully saturated rings. The highest BCUT2D eigenvalue weighted by Crippen LogP contribution is 2.21. The molecule has 5 nitrogen and oxygen atoms in total. The third-order valence-electron chi connectivity index (χ3n) is 5.24. The Labute approximate surface area is 156 Å². The Morgan fingerprint density at radius 1 is 1.15 bits per heavy atom. The van der Waals surface area contributed by atoms with Gasteiger partial charge in [0, 0.05) is 43.6 Å². The summed E-state index contributed by atoms with van der Waals surface area (Å²) in [6, 6.07) is 8.58. The van der Waals surface area contributed by atoms with Crippen molar-refractivity contribution in [3.8, 4) is 5.75 Å². The fourth-order valence-corrected chi connectivity index (χ4v) is 3.39. The minimum atomic E-state index is 0.309. The van der Waals surface area contributed by atoms with Crippen LogP contribution in [-0.4, -0.2) is 30.2 Å². The summed E-state index contributed by atoms with van der Waals surface area (Å²) in [5.41, 5.74) is 2.39. The SMILES string of the molecule is CC[C@@H](NCc1cnc(N2CCC(C)CC2)nc1)c1ccc(OC)cc1. The molecule has 26 heavy (non-hydrogen) atoms. The number of anilines is 1. The molecule has 3 rings (SSSR count). The summed E-state index contributed by atoms with van der Waals surface area (Å²) in [5, 5.41) is 3.61. The maximum atomic E-state index is 5.24. The number of aromatic nitrogens is 2. The van der Waals surface area contributed by atoms with Crippen LogP contribution >= 0.6 is 0 Å². The molecule has 1 aromatic carbocycles. The van der Waals surface area contributed by atoms with Crippen molar-refractivity contribution in [2.45, 2.75) is 45.7 Å². The van der Waals surface area contributed by atoms with Gasteiger partial charge in [0.1, 0.15) is 5.75 Å². The third-order valence-corrected chi connectivity index (χ3v) is 5.24. The average molecular weight is 354 g/mol. The van der Waals surface area contributed by atoms with Crippen LogP contribution in [0.3, 0.4) is 0 Å². The van der Waals surface area contributed by atoms with Crippen LogP contribution in [0.4, 0.5) is 5.95 Å². The summed E-state index contributed by atoms with van der Waals surface area (Å²) in [6.45, 7) is 7.41. The zero-order chi connectivity index (χ0) is 18.4. The Bertz CT molecular complexity index is 663. The van der Waals surface area contributed by atoms with Gasteiger partial charge >= 0.3 is 0 Å². The van der Waals surface area contributed by atoms with Crippen molar-refractivity contribution in [3.63, 3.8) is 0 Å². The lowest BCUT2D eigenvalue weighted by Gasteiger charge is -2.30. The lowest BCUT2D eigenvalue weighted by molar-refractivity contribution is 0.414. The maximum absolute atomic E-state index is 5.24. The Balaban J connectivity index is 1.56. The standard InChI is InChI=1S/C21H30N4O/c1-4-20(18-5-7-19(26-3)8-6-18)22-13-17-14-23-21(24-15-17)25-11-9-16(2)10-12-25/h5-8,14-16,20,22H,4,9-13H2,1-3H3/t20-/m1/s1. The van der Waals surface area contributed by atoms with E-state index in [-0.39, 0.29) is 0 Å². The first-order valence-electron chi connectivity index (χ1n) is 9.62. The molecule has 1 N–H and O–H groups in total. The summed E-state index contributed by atoms with van der Waals surface area (Å²) in [5.74, 6) is 2.57. The molecule has 140 valence electrons. The summed E-state index contributed by atoms with van der Waals surface area (Å²) in [6.07, 6.45) is 7.39. The number of methoxy groups -OCH3 is 1. The molecular weight excluding hydrogens is 324 g/mol. The quantitative estimate of drug-likeness (QED) is 0.815. The number of rotatable bonds is 7. The lowest BCUT2D eigenvalue weighted by atomic mass is 10.00. The Morgan fingerprint density at radius 3 is 2.38 bits per heavy atom. The van der Waals surface area contributed by atoms with Crippen LogP contribution in [0.5, 0.6) is 5.75 Å². The van der Waals surface area contributed by atoms with Gasteiger partial charge in [-0.3, -0.25) is 0 Å². The first-order valence-corrected chi connectivity index (χ1v) is 9.62. The maximum Gasteiger partial charge on any atom is 0.225 e. The Kier molecular flexibility index (Phi) is 6.45. The van der Waals surface area contributed by atoms with Crippen molar-refractivity contribution in [2.24, 2.45) is 5.92 Å². The van der Waals surface area contributed by atoms with E-state index in [9.17, 15) is 0 Å². The van der Waals surface area contributed by atoms with E-state index < -0.39 is 0 Å². The molecule has 1 saturated heterocycles. The minimum absolute atomic E-state index is 0.309. The Hall–Kier alpha value is -2.14. The van der Waals surface area contributed by atoms with Gasteiger partial charge in [-0.15, -0.1) is 0 Å². The third kappa shape index (κ3) is 4.73. The molecule has 0 unspecified atom stereocenters. The normalized spacial score (nSPS) is 16.5. The van der Waals surface area contributed by atoms with Gasteiger partial charge in [0.05, 0.1) is 7.11 Å². The van der Waals surface area contributed by atoms with Gasteiger partial charge in [0.25, 0.3) is 0 Å². The van der Waals surface area contributed by atoms with Gasteiger partial charge < -0.3 is 15.0 Å². The predicted octanol–water partition coefficient (Wildman–Crippen LogP) is 3.96. The summed E-state index contributed by atoms with van der Waals surface area (Å²) < 4.78 is 5.24. The van der Waals surface area contributed by atoms with Crippen molar-refractivity contribution >= 4 is 5.95 Å². The van der Waals surface area contributed by atoms with Crippen LogP contribution in [0.25, 0.3) is 0 Å². The molecule has 0 bridgehead atoms. The van der Waals surface area contributed by atoms with E-state index in [1.807, 2.05) is 24.5 Å². The second kappa shape index (κ2) is 8.99. The zero-order valence-electron chi connectivity index (χ0n) is 16.1. The smallest absolute Gasteiger partial charge is 0.225 e. The second-order valence-electron chi connectivity index (χ2n) is 7.18. The van der Waals surface area contributed by atoms with Crippen molar-refractivity contribution in [1.82, 2.24) is 15.3 Å². The first-order chi connectivity index (χ1) is 12.7. The number of hydrogen-bond donors (Lipinski definition) is 1. The number of nitrogens with one attached hydrogen (secondary N) is 1. The topological polar surface area (TPSA) is 50.3 Å². The molecule has 2 aromatic rings. The summed E-state index contributed by atoms with van der Waals surface area (Å²) in [4.78, 5) is 11.5. The van der Waals surface area contributed by atoms with E-state index in [1.54, 1.807) is 7.11 Å². The van der Waals surface area contributed by atoms with Crippen LogP contribution in [0.1, 0.15) is 50.3 Å². The van der Waals surface area contributed by atoms with E-state index in [1.165, 1.54) is 18.4 Å². The van der Waals surface area contributed by atoms with Crippen molar-refractivity contribution in [2.75, 3.05) is 25.1 Å². The molecule has 1 aromatic heterocycles. The largest absolute Gasteiger partial charge is 0.497 e. The molecule has 0 radical (unpaired) electrons. The summed E-state index contributed by atoms with van der Waals surface area (Å²) in [7, 11) is 1.69. The van der Waals surface area contributed by atoms with E-state index in [0.29, 0.717) is 6.04 Å². The minimum Gasteiger partial charge on any atom is -0.497 e. The molecular formula is C21H30N4O. The Morgan fingerprint density at radius 2 is 1.81 bits per heavy atom. The molecule has 1 aliphatic heterocycles. The average Bonchev–Trinajstić information content (AvgIpc) is 2.70. The van der Waals surface area contributed by atoms with E-state index in [2.05, 4.69) is 46.2 Å². The highest BCUT2D eigenvalue weighted by molar-refractivity contribution is 5.31. The van der Waals surface area contributed by atoms with Crippen molar-refractivity contribution in [1.29, 1.82) is 0 Å². The van der Waals surface area contributed by atoms with Gasteiger partial charge in [-0.1, -0.05) is 26.0 Å². The molecule has 0 aliphatic carbocycles. The number of piperidine rings is 1. The van der Waals surface area contributed by atoms with Gasteiger partial charge in [-0.05, 0) is 42.9 Å². The van der Waals surface area contributed by atoms with Crippen molar-refractivity contribution in [3.05, 3.63) is 47.8 Å². The van der Waals surface area contributed by atoms with Crippen LogP contribution in [0, 0.1) is 5.92 Å². The summed E-state index contributed by atoms with van der Waals surface area (Å²) >= 11 is 0. The van der Waals surface area contributed by atoms with E-state index >= 15 is 0 Å². The number of benzene rings is 1. The molecule has 2 heterocycles. The molecule has 0 saturated carbocycles. The molecule has 1 atom stereocenters. The van der Waals surface area contributed by atoms with E-state index in [4.69, 9.17) is 4.74 Å². The number of nitrogens with zero attached hydrogens (tertiary/aromatic N) is 3.